The van der Waals surface area contributed by atoms with Gasteiger partial charge in [0, 0.05) is 6.54 Å². The Bertz CT molecular complexity index is 624. The van der Waals surface area contributed by atoms with E-state index in [4.69, 9.17) is 4.74 Å². The Kier molecular flexibility index (Phi) is 4.70. The molecule has 0 bridgehead atoms. The van der Waals surface area contributed by atoms with Gasteiger partial charge in [0.15, 0.2) is 11.5 Å². The van der Waals surface area contributed by atoms with Crippen molar-refractivity contribution in [3.05, 3.63) is 41.3 Å². The van der Waals surface area contributed by atoms with Crippen LogP contribution < -0.4 is 4.74 Å². The number of benzene rings is 1. The van der Waals surface area contributed by atoms with E-state index in [2.05, 4.69) is 6.58 Å². The van der Waals surface area contributed by atoms with Crippen molar-refractivity contribution in [3.8, 4) is 11.5 Å². The molecule has 110 valence electrons. The maximum atomic E-state index is 12.1. The third-order valence-corrected chi connectivity index (χ3v) is 3.67. The van der Waals surface area contributed by atoms with Crippen LogP contribution in [0.5, 0.6) is 11.5 Å². The summed E-state index contributed by atoms with van der Waals surface area (Å²) in [6.07, 6.45) is 3.11. The van der Waals surface area contributed by atoms with Crippen LogP contribution in [0.1, 0.15) is 12.5 Å². The number of phenols is 1. The molecule has 1 aromatic rings. The van der Waals surface area contributed by atoms with Crippen molar-refractivity contribution in [3.63, 3.8) is 0 Å². The lowest BCUT2D eigenvalue weighted by atomic mass is 10.2. The normalized spacial score (nSPS) is 16.6. The summed E-state index contributed by atoms with van der Waals surface area (Å²) in [7, 11) is 0. The van der Waals surface area contributed by atoms with Crippen LogP contribution in [0, 0.1) is 0 Å². The molecule has 0 saturated carbocycles. The van der Waals surface area contributed by atoms with Crippen molar-refractivity contribution >= 4 is 29.0 Å². The zero-order chi connectivity index (χ0) is 15.4. The average molecular weight is 305 g/mol. The number of carbonyl (C=O) groups excluding carboxylic acids is 2. The van der Waals surface area contributed by atoms with E-state index < -0.39 is 0 Å². The molecule has 0 unspecified atom stereocenters. The van der Waals surface area contributed by atoms with E-state index in [1.165, 1.54) is 12.1 Å². The molecule has 1 saturated heterocycles. The first-order chi connectivity index (χ1) is 10.1. The monoisotopic (exact) mass is 305 g/mol. The van der Waals surface area contributed by atoms with Crippen LogP contribution in [0.25, 0.3) is 6.08 Å². The Labute approximate surface area is 126 Å². The molecule has 0 aliphatic carbocycles. The fraction of sp³-hybridized carbons (Fsp3) is 0.200. The van der Waals surface area contributed by atoms with E-state index in [9.17, 15) is 14.7 Å². The number of hydrogen-bond acceptors (Lipinski definition) is 5. The molecular weight excluding hydrogens is 290 g/mol. The lowest BCUT2D eigenvalue weighted by Crippen LogP contribution is -2.27. The highest BCUT2D eigenvalue weighted by Gasteiger charge is 2.34. The Balaban J connectivity index is 2.28. The van der Waals surface area contributed by atoms with Gasteiger partial charge in [-0.1, -0.05) is 12.1 Å². The second-order valence-electron chi connectivity index (χ2n) is 4.24. The third-order valence-electron chi connectivity index (χ3n) is 2.77. The first-order valence-electron chi connectivity index (χ1n) is 6.39. The summed E-state index contributed by atoms with van der Waals surface area (Å²) >= 11 is 0.887. The quantitative estimate of drug-likeness (QED) is 0.669. The standard InChI is InChI=1S/C15H15NO4S/c1-3-7-16-14(18)13(21-15(16)19)9-10-5-6-11(17)12(8-10)20-4-2/h3,5-6,8-9,17H,1,4,7H2,2H3/b13-9+. The topological polar surface area (TPSA) is 66.8 Å². The second kappa shape index (κ2) is 6.49. The van der Waals surface area contributed by atoms with Gasteiger partial charge < -0.3 is 9.84 Å². The first kappa shape index (κ1) is 15.2. The van der Waals surface area contributed by atoms with Crippen molar-refractivity contribution in [2.24, 2.45) is 0 Å². The molecule has 0 spiro atoms. The van der Waals surface area contributed by atoms with Gasteiger partial charge in [-0.25, -0.2) is 0 Å². The summed E-state index contributed by atoms with van der Waals surface area (Å²) < 4.78 is 5.29. The van der Waals surface area contributed by atoms with Gasteiger partial charge in [-0.2, -0.15) is 0 Å². The van der Waals surface area contributed by atoms with Crippen molar-refractivity contribution in [2.75, 3.05) is 13.2 Å². The minimum absolute atomic E-state index is 0.0359. The van der Waals surface area contributed by atoms with Crippen LogP contribution in [0.4, 0.5) is 4.79 Å². The van der Waals surface area contributed by atoms with Crippen LogP contribution in [0.2, 0.25) is 0 Å². The van der Waals surface area contributed by atoms with Crippen molar-refractivity contribution in [2.45, 2.75) is 6.92 Å². The number of imide groups is 1. The van der Waals surface area contributed by atoms with Crippen LogP contribution in [-0.2, 0) is 4.79 Å². The van der Waals surface area contributed by atoms with Crippen LogP contribution in [0.15, 0.2) is 35.8 Å². The minimum Gasteiger partial charge on any atom is -0.504 e. The van der Waals surface area contributed by atoms with Crippen molar-refractivity contribution < 1.29 is 19.4 Å². The third kappa shape index (κ3) is 3.28. The largest absolute Gasteiger partial charge is 0.504 e. The number of carbonyl (C=O) groups is 2. The number of phenolic OH excluding ortho intramolecular Hbond substituents is 1. The minimum atomic E-state index is -0.337. The summed E-state index contributed by atoms with van der Waals surface area (Å²) in [5.74, 6) is 0.0428. The first-order valence-corrected chi connectivity index (χ1v) is 7.20. The molecule has 1 aliphatic heterocycles. The zero-order valence-corrected chi connectivity index (χ0v) is 12.4. The smallest absolute Gasteiger partial charge is 0.293 e. The van der Waals surface area contributed by atoms with Gasteiger partial charge in [-0.3, -0.25) is 14.5 Å². The predicted octanol–water partition coefficient (Wildman–Crippen LogP) is 3.01. The van der Waals surface area contributed by atoms with E-state index in [0.29, 0.717) is 22.8 Å². The Morgan fingerprint density at radius 3 is 2.86 bits per heavy atom. The average Bonchev–Trinajstić information content (AvgIpc) is 2.71. The van der Waals surface area contributed by atoms with Crippen molar-refractivity contribution in [1.82, 2.24) is 4.90 Å². The van der Waals surface area contributed by atoms with E-state index >= 15 is 0 Å². The van der Waals surface area contributed by atoms with E-state index in [1.54, 1.807) is 18.2 Å². The number of aromatic hydroxyl groups is 1. The summed E-state index contributed by atoms with van der Waals surface area (Å²) in [6.45, 7) is 5.96. The van der Waals surface area contributed by atoms with E-state index in [1.807, 2.05) is 6.92 Å². The number of hydrogen-bond donors (Lipinski definition) is 1. The van der Waals surface area contributed by atoms with Gasteiger partial charge in [0.2, 0.25) is 0 Å². The molecule has 6 heteroatoms. The number of rotatable bonds is 5. The van der Waals surface area contributed by atoms with Gasteiger partial charge in [0.1, 0.15) is 0 Å². The maximum Gasteiger partial charge on any atom is 0.293 e. The second-order valence-corrected chi connectivity index (χ2v) is 5.23. The molecule has 1 aromatic carbocycles. The van der Waals surface area contributed by atoms with Gasteiger partial charge >= 0.3 is 0 Å². The van der Waals surface area contributed by atoms with E-state index in [0.717, 1.165) is 16.7 Å². The SMILES string of the molecule is C=CCN1C(=O)S/C(=C/c2ccc(O)c(OCC)c2)C1=O. The molecule has 1 heterocycles. The van der Waals surface area contributed by atoms with Gasteiger partial charge in [-0.05, 0) is 42.5 Å². The molecule has 0 atom stereocenters. The Morgan fingerprint density at radius 2 is 2.19 bits per heavy atom. The Morgan fingerprint density at radius 1 is 1.43 bits per heavy atom. The molecular formula is C15H15NO4S. The fourth-order valence-corrected chi connectivity index (χ4v) is 2.68. The molecule has 2 amide bonds. The molecule has 5 nitrogen and oxygen atoms in total. The summed E-state index contributed by atoms with van der Waals surface area (Å²) in [6, 6.07) is 4.77. The number of thioether (sulfide) groups is 1. The zero-order valence-electron chi connectivity index (χ0n) is 11.5. The lowest BCUT2D eigenvalue weighted by Gasteiger charge is -2.08. The van der Waals surface area contributed by atoms with E-state index in [-0.39, 0.29) is 23.4 Å². The highest BCUT2D eigenvalue weighted by Crippen LogP contribution is 2.34. The fourth-order valence-electron chi connectivity index (χ4n) is 1.83. The van der Waals surface area contributed by atoms with Crippen LogP contribution >= 0.6 is 11.8 Å². The number of nitrogens with zero attached hydrogens (tertiary/aromatic N) is 1. The molecule has 0 radical (unpaired) electrons. The summed E-state index contributed by atoms with van der Waals surface area (Å²) in [4.78, 5) is 25.3. The Hall–Kier alpha value is -2.21. The lowest BCUT2D eigenvalue weighted by molar-refractivity contribution is -0.122. The highest BCUT2D eigenvalue weighted by atomic mass is 32.2. The molecule has 2 rings (SSSR count). The van der Waals surface area contributed by atoms with Crippen LogP contribution in [0.3, 0.4) is 0 Å². The molecule has 1 N–H and O–H groups in total. The van der Waals surface area contributed by atoms with Crippen molar-refractivity contribution in [1.29, 1.82) is 0 Å². The molecule has 21 heavy (non-hydrogen) atoms. The summed E-state index contributed by atoms with van der Waals surface area (Å²) in [5, 5.41) is 9.33. The van der Waals surface area contributed by atoms with Gasteiger partial charge in [-0.15, -0.1) is 6.58 Å². The summed E-state index contributed by atoms with van der Waals surface area (Å²) in [5.41, 5.74) is 0.681. The molecule has 0 aromatic heterocycles. The molecule has 1 aliphatic rings. The highest BCUT2D eigenvalue weighted by molar-refractivity contribution is 8.18. The van der Waals surface area contributed by atoms with Gasteiger partial charge in [0.25, 0.3) is 11.1 Å². The maximum absolute atomic E-state index is 12.1. The predicted molar refractivity (Wildman–Crippen MR) is 82.1 cm³/mol. The molecule has 1 fully saturated rings. The number of ether oxygens (including phenoxy) is 1. The number of amides is 2. The van der Waals surface area contributed by atoms with Gasteiger partial charge in [0.05, 0.1) is 11.5 Å². The van der Waals surface area contributed by atoms with Crippen LogP contribution in [-0.4, -0.2) is 34.3 Å².